The minimum Gasteiger partial charge on any atom is -0.370 e. The number of nitrogens with two attached hydrogens (primary N) is 1. The van der Waals surface area contributed by atoms with Gasteiger partial charge in [-0.1, -0.05) is 36.6 Å². The number of likely N-dealkylation sites (tertiary alicyclic amines) is 1. The Bertz CT molecular complexity index is 429. The molecule has 1 saturated heterocycles. The molecular weight excluding hydrogens is 385 g/mol. The Balaban J connectivity index is 0.00000200. The summed E-state index contributed by atoms with van der Waals surface area (Å²) in [5, 5.41) is 0.780. The number of rotatable bonds is 3. The summed E-state index contributed by atoms with van der Waals surface area (Å²) in [6.07, 6.45) is 5.96. The average Bonchev–Trinajstić information content (AvgIpc) is 2.67. The van der Waals surface area contributed by atoms with E-state index in [1.165, 1.54) is 31.2 Å². The van der Waals surface area contributed by atoms with E-state index in [1.54, 1.807) is 0 Å². The Hall–Kier alpha value is -0.490. The van der Waals surface area contributed by atoms with Crippen molar-refractivity contribution < 1.29 is 0 Å². The predicted molar refractivity (Wildman–Crippen MR) is 97.1 cm³/mol. The minimum atomic E-state index is 0. The molecule has 0 spiro atoms. The van der Waals surface area contributed by atoms with Crippen molar-refractivity contribution in [1.29, 1.82) is 0 Å². The molecule has 0 radical (unpaired) electrons. The molecular formula is C15H23ClIN3. The van der Waals surface area contributed by atoms with Crippen LogP contribution in [0.5, 0.6) is 0 Å². The van der Waals surface area contributed by atoms with Crippen LogP contribution in [0, 0.1) is 0 Å². The van der Waals surface area contributed by atoms with Crippen molar-refractivity contribution in [2.45, 2.75) is 32.1 Å². The van der Waals surface area contributed by atoms with Gasteiger partial charge in [-0.25, -0.2) is 0 Å². The van der Waals surface area contributed by atoms with Gasteiger partial charge in [-0.2, -0.15) is 0 Å². The lowest BCUT2D eigenvalue weighted by atomic mass is 10.1. The van der Waals surface area contributed by atoms with Gasteiger partial charge < -0.3 is 10.6 Å². The minimum absolute atomic E-state index is 0. The third kappa shape index (κ3) is 5.87. The summed E-state index contributed by atoms with van der Waals surface area (Å²) in [5.41, 5.74) is 7.27. The normalized spacial score (nSPS) is 16.4. The van der Waals surface area contributed by atoms with Gasteiger partial charge in [-0.05, 0) is 37.0 Å². The summed E-state index contributed by atoms with van der Waals surface area (Å²) in [6, 6.07) is 7.92. The van der Waals surface area contributed by atoms with Gasteiger partial charge >= 0.3 is 0 Å². The van der Waals surface area contributed by atoms with Crippen LogP contribution in [-0.4, -0.2) is 30.5 Å². The first-order valence-corrected chi connectivity index (χ1v) is 7.43. The number of benzene rings is 1. The molecule has 5 heteroatoms. The lowest BCUT2D eigenvalue weighted by Crippen LogP contribution is -2.38. The standard InChI is InChI=1S/C15H22ClN3.HI/c16-14-7-5-6-13(12-14)8-9-18-15(17)19-10-3-1-2-4-11-19;/h5-7,12H,1-4,8-11H2,(H2,17,18);1H. The highest BCUT2D eigenvalue weighted by molar-refractivity contribution is 14.0. The third-order valence-electron chi connectivity index (χ3n) is 3.49. The molecule has 0 amide bonds. The molecule has 112 valence electrons. The topological polar surface area (TPSA) is 41.6 Å². The van der Waals surface area contributed by atoms with Gasteiger partial charge in [-0.3, -0.25) is 4.99 Å². The summed E-state index contributed by atoms with van der Waals surface area (Å²) in [5.74, 6) is 0.698. The second-order valence-electron chi connectivity index (χ2n) is 5.02. The largest absolute Gasteiger partial charge is 0.370 e. The van der Waals surface area contributed by atoms with Crippen LogP contribution in [-0.2, 0) is 6.42 Å². The molecule has 20 heavy (non-hydrogen) atoms. The molecule has 0 bridgehead atoms. The van der Waals surface area contributed by atoms with Crippen molar-refractivity contribution >= 4 is 41.5 Å². The van der Waals surface area contributed by atoms with Crippen LogP contribution in [0.1, 0.15) is 31.2 Å². The molecule has 1 aromatic rings. The fourth-order valence-corrected chi connectivity index (χ4v) is 2.60. The summed E-state index contributed by atoms with van der Waals surface area (Å²) in [6.45, 7) is 2.82. The van der Waals surface area contributed by atoms with E-state index >= 15 is 0 Å². The summed E-state index contributed by atoms with van der Waals surface area (Å²) >= 11 is 5.96. The zero-order valence-electron chi connectivity index (χ0n) is 11.7. The molecule has 0 atom stereocenters. The van der Waals surface area contributed by atoms with Crippen molar-refractivity contribution in [1.82, 2.24) is 4.90 Å². The first-order valence-electron chi connectivity index (χ1n) is 7.05. The zero-order chi connectivity index (χ0) is 13.5. The van der Waals surface area contributed by atoms with Gasteiger partial charge in [0.05, 0.1) is 0 Å². The molecule has 3 nitrogen and oxygen atoms in total. The molecule has 0 aliphatic carbocycles. The Morgan fingerprint density at radius 3 is 2.55 bits per heavy atom. The molecule has 1 fully saturated rings. The van der Waals surface area contributed by atoms with E-state index in [9.17, 15) is 0 Å². The second kappa shape index (κ2) is 9.45. The van der Waals surface area contributed by atoms with E-state index in [0.29, 0.717) is 5.96 Å². The third-order valence-corrected chi connectivity index (χ3v) is 3.73. The van der Waals surface area contributed by atoms with E-state index in [0.717, 1.165) is 31.1 Å². The summed E-state index contributed by atoms with van der Waals surface area (Å²) < 4.78 is 0. The maximum atomic E-state index is 6.06. The Morgan fingerprint density at radius 2 is 1.90 bits per heavy atom. The maximum absolute atomic E-state index is 6.06. The van der Waals surface area contributed by atoms with Crippen LogP contribution in [0.2, 0.25) is 5.02 Å². The van der Waals surface area contributed by atoms with Crippen molar-refractivity contribution in [2.24, 2.45) is 10.7 Å². The van der Waals surface area contributed by atoms with Crippen LogP contribution in [0.3, 0.4) is 0 Å². The van der Waals surface area contributed by atoms with Crippen LogP contribution >= 0.6 is 35.6 Å². The number of halogens is 2. The van der Waals surface area contributed by atoms with Crippen LogP contribution < -0.4 is 5.73 Å². The van der Waals surface area contributed by atoms with Gasteiger partial charge in [0.15, 0.2) is 5.96 Å². The average molecular weight is 408 g/mol. The fourth-order valence-electron chi connectivity index (χ4n) is 2.39. The van der Waals surface area contributed by atoms with E-state index in [4.69, 9.17) is 17.3 Å². The highest BCUT2D eigenvalue weighted by atomic mass is 127. The number of nitrogens with zero attached hydrogens (tertiary/aromatic N) is 2. The SMILES string of the molecule is I.NC(=NCCc1cccc(Cl)c1)N1CCCCCC1. The maximum Gasteiger partial charge on any atom is 0.191 e. The number of hydrogen-bond donors (Lipinski definition) is 1. The fraction of sp³-hybridized carbons (Fsp3) is 0.533. The van der Waals surface area contributed by atoms with Crippen LogP contribution in [0.25, 0.3) is 0 Å². The number of hydrogen-bond acceptors (Lipinski definition) is 1. The van der Waals surface area contributed by atoms with Crippen LogP contribution in [0.4, 0.5) is 0 Å². The summed E-state index contributed by atoms with van der Waals surface area (Å²) in [7, 11) is 0. The van der Waals surface area contributed by atoms with Gasteiger partial charge in [0, 0.05) is 24.7 Å². The molecule has 0 unspecified atom stereocenters. The molecule has 0 saturated carbocycles. The highest BCUT2D eigenvalue weighted by Crippen LogP contribution is 2.11. The van der Waals surface area contributed by atoms with E-state index in [2.05, 4.69) is 16.0 Å². The lowest BCUT2D eigenvalue weighted by Gasteiger charge is -2.21. The molecule has 1 aliphatic rings. The van der Waals surface area contributed by atoms with Gasteiger partial charge in [0.2, 0.25) is 0 Å². The Kier molecular flexibility index (Phi) is 8.30. The number of guanidine groups is 1. The van der Waals surface area contributed by atoms with Gasteiger partial charge in [0.1, 0.15) is 0 Å². The second-order valence-corrected chi connectivity index (χ2v) is 5.46. The molecule has 1 aliphatic heterocycles. The Labute approximate surface area is 143 Å². The monoisotopic (exact) mass is 407 g/mol. The van der Waals surface area contributed by atoms with Crippen molar-refractivity contribution in [3.63, 3.8) is 0 Å². The molecule has 1 heterocycles. The quantitative estimate of drug-likeness (QED) is 0.472. The number of aliphatic imine (C=N–C) groups is 1. The first-order chi connectivity index (χ1) is 9.25. The van der Waals surface area contributed by atoms with Crippen LogP contribution in [0.15, 0.2) is 29.3 Å². The van der Waals surface area contributed by atoms with Crippen molar-refractivity contribution in [3.05, 3.63) is 34.9 Å². The van der Waals surface area contributed by atoms with Gasteiger partial charge in [0.25, 0.3) is 0 Å². The molecule has 2 rings (SSSR count). The highest BCUT2D eigenvalue weighted by Gasteiger charge is 2.10. The van der Waals surface area contributed by atoms with E-state index in [1.807, 2.05) is 18.2 Å². The Morgan fingerprint density at radius 1 is 1.20 bits per heavy atom. The lowest BCUT2D eigenvalue weighted by molar-refractivity contribution is 0.428. The van der Waals surface area contributed by atoms with E-state index in [-0.39, 0.29) is 24.0 Å². The smallest absolute Gasteiger partial charge is 0.191 e. The van der Waals surface area contributed by atoms with Crippen molar-refractivity contribution in [2.75, 3.05) is 19.6 Å². The molecule has 0 aromatic heterocycles. The zero-order valence-corrected chi connectivity index (χ0v) is 14.8. The predicted octanol–water partition coefficient (Wildman–Crippen LogP) is 3.69. The van der Waals surface area contributed by atoms with Gasteiger partial charge in [-0.15, -0.1) is 24.0 Å². The molecule has 1 aromatic carbocycles. The van der Waals surface area contributed by atoms with E-state index < -0.39 is 0 Å². The summed E-state index contributed by atoms with van der Waals surface area (Å²) in [4.78, 5) is 6.70. The van der Waals surface area contributed by atoms with Crippen molar-refractivity contribution in [3.8, 4) is 0 Å². The molecule has 2 N–H and O–H groups in total. The first kappa shape index (κ1) is 17.6.